The molecule has 0 fully saturated rings. The maximum atomic E-state index is 8.97. The van der Waals surface area contributed by atoms with Crippen molar-refractivity contribution in [1.82, 2.24) is 10.3 Å². The van der Waals surface area contributed by atoms with E-state index in [1.165, 1.54) is 4.88 Å². The Labute approximate surface area is 89.2 Å². The molecule has 0 spiro atoms. The smallest absolute Gasteiger partial charge is 0.0798 e. The number of aromatic nitrogens is 1. The summed E-state index contributed by atoms with van der Waals surface area (Å²) in [6, 6.07) is 0.335. The lowest BCUT2D eigenvalue weighted by Crippen LogP contribution is -2.33. The zero-order valence-corrected chi connectivity index (χ0v) is 9.77. The van der Waals surface area contributed by atoms with E-state index in [-0.39, 0.29) is 6.61 Å². The van der Waals surface area contributed by atoms with Gasteiger partial charge in [-0.05, 0) is 19.8 Å². The quantitative estimate of drug-likeness (QED) is 0.782. The number of rotatable bonds is 5. The molecule has 1 heterocycles. The van der Waals surface area contributed by atoms with Crippen molar-refractivity contribution >= 4 is 11.3 Å². The lowest BCUT2D eigenvalue weighted by Gasteiger charge is -2.18. The van der Waals surface area contributed by atoms with E-state index in [0.717, 1.165) is 12.2 Å². The molecule has 0 aliphatic rings. The second kappa shape index (κ2) is 5.44. The van der Waals surface area contributed by atoms with Crippen LogP contribution in [0, 0.1) is 12.8 Å². The molecule has 0 amide bonds. The van der Waals surface area contributed by atoms with E-state index in [2.05, 4.69) is 17.2 Å². The van der Waals surface area contributed by atoms with Gasteiger partial charge >= 0.3 is 0 Å². The van der Waals surface area contributed by atoms with Crippen LogP contribution >= 0.6 is 11.3 Å². The molecule has 1 rings (SSSR count). The lowest BCUT2D eigenvalue weighted by atomic mass is 10.1. The summed E-state index contributed by atoms with van der Waals surface area (Å²) in [6.07, 6.45) is 0. The van der Waals surface area contributed by atoms with Crippen molar-refractivity contribution in [3.8, 4) is 0 Å². The van der Waals surface area contributed by atoms with Gasteiger partial charge in [0.05, 0.1) is 11.2 Å². The van der Waals surface area contributed by atoms with Crippen molar-refractivity contribution in [2.75, 3.05) is 6.61 Å². The highest BCUT2D eigenvalue weighted by molar-refractivity contribution is 7.09. The van der Waals surface area contributed by atoms with Crippen molar-refractivity contribution in [1.29, 1.82) is 0 Å². The maximum absolute atomic E-state index is 8.97. The highest BCUT2D eigenvalue weighted by Crippen LogP contribution is 2.12. The van der Waals surface area contributed by atoms with Crippen LogP contribution in [0.2, 0.25) is 0 Å². The minimum Gasteiger partial charge on any atom is -0.396 e. The van der Waals surface area contributed by atoms with Crippen LogP contribution in [0.5, 0.6) is 0 Å². The highest BCUT2D eigenvalue weighted by atomic mass is 32.1. The van der Waals surface area contributed by atoms with E-state index in [1.807, 2.05) is 19.4 Å². The highest BCUT2D eigenvalue weighted by Gasteiger charge is 2.11. The number of thiazole rings is 1. The fraction of sp³-hybridized carbons (Fsp3) is 0.700. The summed E-state index contributed by atoms with van der Waals surface area (Å²) in [7, 11) is 0. The number of aliphatic hydroxyl groups excluding tert-OH is 1. The SMILES string of the molecule is Cc1ncsc1CNC(C)C(C)CO. The van der Waals surface area contributed by atoms with Crippen LogP contribution in [-0.4, -0.2) is 22.7 Å². The Kier molecular flexibility index (Phi) is 4.51. The zero-order chi connectivity index (χ0) is 10.6. The molecule has 80 valence electrons. The molecule has 1 aromatic rings. The standard InChI is InChI=1S/C10H18N2OS/c1-7(5-13)8(2)11-4-10-9(3)12-6-14-10/h6-8,11,13H,4-5H2,1-3H3. The van der Waals surface area contributed by atoms with Gasteiger partial charge in [-0.25, -0.2) is 4.98 Å². The molecule has 14 heavy (non-hydrogen) atoms. The maximum Gasteiger partial charge on any atom is 0.0798 e. The third-order valence-electron chi connectivity index (χ3n) is 2.57. The topological polar surface area (TPSA) is 45.2 Å². The van der Waals surface area contributed by atoms with Crippen LogP contribution in [0.3, 0.4) is 0 Å². The van der Waals surface area contributed by atoms with Gasteiger partial charge in [0.2, 0.25) is 0 Å². The number of nitrogens with one attached hydrogen (secondary N) is 1. The monoisotopic (exact) mass is 214 g/mol. The Morgan fingerprint density at radius 3 is 2.79 bits per heavy atom. The molecule has 1 aromatic heterocycles. The summed E-state index contributed by atoms with van der Waals surface area (Å²) in [4.78, 5) is 5.47. The van der Waals surface area contributed by atoms with Crippen molar-refractivity contribution in [3.63, 3.8) is 0 Å². The number of aryl methyl sites for hydroxylation is 1. The number of aliphatic hydroxyl groups is 1. The van der Waals surface area contributed by atoms with Gasteiger partial charge in [0.25, 0.3) is 0 Å². The van der Waals surface area contributed by atoms with Crippen LogP contribution in [0.4, 0.5) is 0 Å². The van der Waals surface area contributed by atoms with E-state index in [1.54, 1.807) is 11.3 Å². The lowest BCUT2D eigenvalue weighted by molar-refractivity contribution is 0.207. The van der Waals surface area contributed by atoms with Gasteiger partial charge in [-0.15, -0.1) is 11.3 Å². The average Bonchev–Trinajstić information content (AvgIpc) is 2.59. The second-order valence-corrected chi connectivity index (χ2v) is 4.63. The molecule has 0 saturated carbocycles. The molecule has 0 aromatic carbocycles. The Hall–Kier alpha value is -0.450. The Morgan fingerprint density at radius 1 is 1.57 bits per heavy atom. The first kappa shape index (κ1) is 11.6. The predicted molar refractivity (Wildman–Crippen MR) is 59.4 cm³/mol. The molecule has 3 nitrogen and oxygen atoms in total. The first-order chi connectivity index (χ1) is 6.65. The van der Waals surface area contributed by atoms with Gasteiger partial charge < -0.3 is 10.4 Å². The van der Waals surface area contributed by atoms with Crippen LogP contribution in [0.15, 0.2) is 5.51 Å². The largest absolute Gasteiger partial charge is 0.396 e. The molecule has 0 aliphatic carbocycles. The Balaban J connectivity index is 2.37. The summed E-state index contributed by atoms with van der Waals surface area (Å²) in [5.41, 5.74) is 2.97. The summed E-state index contributed by atoms with van der Waals surface area (Å²) >= 11 is 1.67. The number of hydrogen-bond donors (Lipinski definition) is 2. The molecule has 0 bridgehead atoms. The van der Waals surface area contributed by atoms with Crippen LogP contribution in [-0.2, 0) is 6.54 Å². The summed E-state index contributed by atoms with van der Waals surface area (Å²) in [6.45, 7) is 7.24. The third-order valence-corrected chi connectivity index (χ3v) is 3.51. The summed E-state index contributed by atoms with van der Waals surface area (Å²) < 4.78 is 0. The normalized spacial score (nSPS) is 15.4. The van der Waals surface area contributed by atoms with Crippen LogP contribution < -0.4 is 5.32 Å². The van der Waals surface area contributed by atoms with Crippen molar-refractivity contribution in [3.05, 3.63) is 16.1 Å². The minimum absolute atomic E-state index is 0.232. The molecule has 0 saturated heterocycles. The molecule has 2 atom stereocenters. The minimum atomic E-state index is 0.232. The molecule has 0 aliphatic heterocycles. The van der Waals surface area contributed by atoms with Gasteiger partial charge in [0, 0.05) is 24.1 Å². The summed E-state index contributed by atoms with van der Waals surface area (Å²) in [5, 5.41) is 12.4. The first-order valence-electron chi connectivity index (χ1n) is 4.88. The fourth-order valence-corrected chi connectivity index (χ4v) is 1.84. The molecule has 0 radical (unpaired) electrons. The molecule has 2 unspecified atom stereocenters. The Morgan fingerprint density at radius 2 is 2.29 bits per heavy atom. The predicted octanol–water partition coefficient (Wildman–Crippen LogP) is 1.56. The van der Waals surface area contributed by atoms with E-state index < -0.39 is 0 Å². The van der Waals surface area contributed by atoms with Crippen LogP contribution in [0.1, 0.15) is 24.4 Å². The van der Waals surface area contributed by atoms with E-state index in [4.69, 9.17) is 5.11 Å². The van der Waals surface area contributed by atoms with E-state index in [9.17, 15) is 0 Å². The average molecular weight is 214 g/mol. The zero-order valence-electron chi connectivity index (χ0n) is 8.95. The van der Waals surface area contributed by atoms with Crippen molar-refractivity contribution in [2.24, 2.45) is 5.92 Å². The molecule has 2 N–H and O–H groups in total. The van der Waals surface area contributed by atoms with Gasteiger partial charge in [0.1, 0.15) is 0 Å². The van der Waals surface area contributed by atoms with E-state index in [0.29, 0.717) is 12.0 Å². The number of hydrogen-bond acceptors (Lipinski definition) is 4. The number of nitrogens with zero attached hydrogens (tertiary/aromatic N) is 1. The second-order valence-electron chi connectivity index (χ2n) is 3.69. The third kappa shape index (κ3) is 3.04. The van der Waals surface area contributed by atoms with Crippen molar-refractivity contribution in [2.45, 2.75) is 33.4 Å². The first-order valence-corrected chi connectivity index (χ1v) is 5.76. The van der Waals surface area contributed by atoms with E-state index >= 15 is 0 Å². The van der Waals surface area contributed by atoms with Gasteiger partial charge in [-0.3, -0.25) is 0 Å². The van der Waals surface area contributed by atoms with Crippen LogP contribution in [0.25, 0.3) is 0 Å². The van der Waals surface area contributed by atoms with Crippen molar-refractivity contribution < 1.29 is 5.11 Å². The fourth-order valence-electron chi connectivity index (χ4n) is 1.11. The Bertz CT molecular complexity index is 275. The molecular formula is C10H18N2OS. The van der Waals surface area contributed by atoms with Gasteiger partial charge in [0.15, 0.2) is 0 Å². The van der Waals surface area contributed by atoms with Gasteiger partial charge in [-0.1, -0.05) is 6.92 Å². The molecule has 4 heteroatoms. The summed E-state index contributed by atoms with van der Waals surface area (Å²) in [5.74, 6) is 0.295. The van der Waals surface area contributed by atoms with Gasteiger partial charge in [-0.2, -0.15) is 0 Å². The molecular weight excluding hydrogens is 196 g/mol.